The molecule has 0 atom stereocenters. The molecule has 9 heteroatoms. The van der Waals surface area contributed by atoms with Crippen LogP contribution in [-0.4, -0.2) is 41.0 Å². The first-order chi connectivity index (χ1) is 18.0. The number of benzene rings is 3. The molecule has 0 radical (unpaired) electrons. The molecule has 188 valence electrons. The lowest BCUT2D eigenvalue weighted by molar-refractivity contribution is -0.120. The Bertz CT molecular complexity index is 1380. The Morgan fingerprint density at radius 1 is 1.03 bits per heavy atom. The number of halogens is 1. The van der Waals surface area contributed by atoms with E-state index in [1.165, 1.54) is 6.21 Å². The van der Waals surface area contributed by atoms with Crippen molar-refractivity contribution in [2.45, 2.75) is 13.3 Å². The van der Waals surface area contributed by atoms with E-state index in [1.54, 1.807) is 28.9 Å². The summed E-state index contributed by atoms with van der Waals surface area (Å²) in [5.41, 5.74) is 5.89. The number of hydrogen-bond acceptors (Lipinski definition) is 5. The summed E-state index contributed by atoms with van der Waals surface area (Å²) in [5.74, 6) is -0.136. The number of carbonyl (C=O) groups is 2. The van der Waals surface area contributed by atoms with Gasteiger partial charge in [-0.2, -0.15) is 10.2 Å². The average molecular weight is 516 g/mol. The Balaban J connectivity index is 1.47. The zero-order chi connectivity index (χ0) is 26.0. The second kappa shape index (κ2) is 12.5. The number of para-hydroxylation sites is 1. The molecule has 2 amide bonds. The minimum absolute atomic E-state index is 0.253. The molecule has 0 saturated carbocycles. The van der Waals surface area contributed by atoms with Crippen LogP contribution in [0.4, 0.5) is 0 Å². The van der Waals surface area contributed by atoms with Crippen LogP contribution < -0.4 is 15.5 Å². The lowest BCUT2D eigenvalue weighted by Gasteiger charge is -2.06. The van der Waals surface area contributed by atoms with E-state index in [-0.39, 0.29) is 6.54 Å². The van der Waals surface area contributed by atoms with Crippen molar-refractivity contribution in [2.75, 3.05) is 13.2 Å². The topological polar surface area (TPSA) is 97.6 Å². The van der Waals surface area contributed by atoms with E-state index in [4.69, 9.17) is 21.4 Å². The molecule has 0 fully saturated rings. The first kappa shape index (κ1) is 25.7. The summed E-state index contributed by atoms with van der Waals surface area (Å²) in [5, 5.41) is 11.7. The van der Waals surface area contributed by atoms with Gasteiger partial charge in [0.25, 0.3) is 11.8 Å². The second-order valence-corrected chi connectivity index (χ2v) is 8.45. The highest BCUT2D eigenvalue weighted by atomic mass is 35.5. The lowest BCUT2D eigenvalue weighted by Crippen LogP contribution is -2.35. The van der Waals surface area contributed by atoms with Crippen LogP contribution in [0, 0.1) is 0 Å². The zero-order valence-corrected chi connectivity index (χ0v) is 21.0. The van der Waals surface area contributed by atoms with E-state index >= 15 is 0 Å². The normalized spacial score (nSPS) is 10.9. The number of carbonyl (C=O) groups excluding carboxylic acids is 2. The van der Waals surface area contributed by atoms with Gasteiger partial charge in [0.05, 0.1) is 35.6 Å². The highest BCUT2D eigenvalue weighted by molar-refractivity contribution is 6.33. The molecule has 4 aromatic rings. The summed E-state index contributed by atoms with van der Waals surface area (Å²) in [6.45, 7) is 2.46. The number of nitrogens with zero attached hydrogens (tertiary/aromatic N) is 3. The Labute approximate surface area is 219 Å². The van der Waals surface area contributed by atoms with E-state index in [1.807, 2.05) is 60.8 Å². The van der Waals surface area contributed by atoms with Gasteiger partial charge in [-0.05, 0) is 55.0 Å². The molecule has 1 aromatic heterocycles. The Morgan fingerprint density at radius 2 is 1.76 bits per heavy atom. The molecule has 8 nitrogen and oxygen atoms in total. The summed E-state index contributed by atoms with van der Waals surface area (Å²) < 4.78 is 7.43. The summed E-state index contributed by atoms with van der Waals surface area (Å²) in [4.78, 5) is 24.5. The summed E-state index contributed by atoms with van der Waals surface area (Å²) in [6, 6.07) is 24.0. The van der Waals surface area contributed by atoms with Crippen LogP contribution in [0.1, 0.15) is 29.3 Å². The Morgan fingerprint density at radius 3 is 2.49 bits per heavy atom. The van der Waals surface area contributed by atoms with E-state index in [0.29, 0.717) is 28.5 Å². The molecule has 1 heterocycles. The van der Waals surface area contributed by atoms with Gasteiger partial charge in [0, 0.05) is 17.3 Å². The predicted molar refractivity (Wildman–Crippen MR) is 144 cm³/mol. The molecule has 0 unspecified atom stereocenters. The second-order valence-electron chi connectivity index (χ2n) is 8.04. The van der Waals surface area contributed by atoms with Crippen molar-refractivity contribution in [3.8, 4) is 22.7 Å². The van der Waals surface area contributed by atoms with Gasteiger partial charge in [-0.25, -0.2) is 10.1 Å². The van der Waals surface area contributed by atoms with Gasteiger partial charge >= 0.3 is 0 Å². The molecular formula is C28H26ClN5O3. The van der Waals surface area contributed by atoms with Crippen LogP contribution in [-0.2, 0) is 4.79 Å². The first-order valence-electron chi connectivity index (χ1n) is 11.8. The molecule has 0 aliphatic heterocycles. The van der Waals surface area contributed by atoms with Crippen molar-refractivity contribution in [1.82, 2.24) is 20.5 Å². The maximum Gasteiger partial charge on any atom is 0.259 e. The van der Waals surface area contributed by atoms with Gasteiger partial charge in [0.1, 0.15) is 11.4 Å². The monoisotopic (exact) mass is 515 g/mol. The number of nitrogens with one attached hydrogen (secondary N) is 2. The van der Waals surface area contributed by atoms with Crippen molar-refractivity contribution in [2.24, 2.45) is 5.10 Å². The third-order valence-electron chi connectivity index (χ3n) is 5.28. The number of ether oxygens (including phenoxy) is 1. The van der Waals surface area contributed by atoms with Crippen molar-refractivity contribution in [3.05, 3.63) is 101 Å². The SMILES string of the molecule is CCCOc1ccc(-c2nn(-c3ccccc3)cc2/C=N\NC(=O)CNC(=O)c2ccccc2Cl)cc1. The summed E-state index contributed by atoms with van der Waals surface area (Å²) in [6.07, 6.45) is 4.29. The quantitative estimate of drug-likeness (QED) is 0.233. The largest absolute Gasteiger partial charge is 0.494 e. The number of rotatable bonds is 10. The predicted octanol–water partition coefficient (Wildman–Crippen LogP) is 4.86. The maximum absolute atomic E-state index is 12.3. The number of hydrogen-bond donors (Lipinski definition) is 2. The van der Waals surface area contributed by atoms with Crippen LogP contribution in [0.5, 0.6) is 5.75 Å². The third-order valence-corrected chi connectivity index (χ3v) is 5.61. The van der Waals surface area contributed by atoms with Crippen LogP contribution in [0.3, 0.4) is 0 Å². The van der Waals surface area contributed by atoms with Crippen molar-refractivity contribution < 1.29 is 14.3 Å². The Hall–Kier alpha value is -4.43. The minimum Gasteiger partial charge on any atom is -0.494 e. The fraction of sp³-hybridized carbons (Fsp3) is 0.143. The molecule has 4 rings (SSSR count). The van der Waals surface area contributed by atoms with Gasteiger partial charge in [-0.15, -0.1) is 0 Å². The molecule has 0 bridgehead atoms. The first-order valence-corrected chi connectivity index (χ1v) is 12.2. The van der Waals surface area contributed by atoms with Gasteiger partial charge in [-0.3, -0.25) is 9.59 Å². The molecular weight excluding hydrogens is 490 g/mol. The smallest absolute Gasteiger partial charge is 0.259 e. The maximum atomic E-state index is 12.3. The number of amides is 2. The highest BCUT2D eigenvalue weighted by Crippen LogP contribution is 2.25. The molecule has 0 aliphatic rings. The zero-order valence-electron chi connectivity index (χ0n) is 20.2. The van der Waals surface area contributed by atoms with Crippen molar-refractivity contribution in [1.29, 1.82) is 0 Å². The fourth-order valence-electron chi connectivity index (χ4n) is 3.46. The minimum atomic E-state index is -0.480. The lowest BCUT2D eigenvalue weighted by atomic mass is 10.1. The number of aromatic nitrogens is 2. The van der Waals surface area contributed by atoms with Gasteiger partial charge in [0.15, 0.2) is 0 Å². The molecule has 0 aliphatic carbocycles. The van der Waals surface area contributed by atoms with Gasteiger partial charge in [-0.1, -0.05) is 48.9 Å². The van der Waals surface area contributed by atoms with E-state index < -0.39 is 11.8 Å². The van der Waals surface area contributed by atoms with Crippen LogP contribution in [0.15, 0.2) is 90.2 Å². The number of hydrazone groups is 1. The summed E-state index contributed by atoms with van der Waals surface area (Å²) >= 11 is 6.03. The average Bonchev–Trinajstić information content (AvgIpc) is 3.36. The molecule has 3 aromatic carbocycles. The van der Waals surface area contributed by atoms with Crippen LogP contribution >= 0.6 is 11.6 Å². The van der Waals surface area contributed by atoms with Crippen LogP contribution in [0.2, 0.25) is 5.02 Å². The van der Waals surface area contributed by atoms with Crippen LogP contribution in [0.25, 0.3) is 16.9 Å². The molecule has 37 heavy (non-hydrogen) atoms. The molecule has 2 N–H and O–H groups in total. The van der Waals surface area contributed by atoms with Crippen molar-refractivity contribution in [3.63, 3.8) is 0 Å². The highest BCUT2D eigenvalue weighted by Gasteiger charge is 2.13. The Kier molecular flexibility index (Phi) is 8.67. The molecule has 0 saturated heterocycles. The standard InChI is InChI=1S/C28H26ClN5O3/c1-2-16-37-23-14-12-20(13-15-23)27-21(19-34(33-27)22-8-4-3-5-9-22)17-31-32-26(35)18-30-28(36)24-10-6-7-11-25(24)29/h3-15,17,19H,2,16,18H2,1H3,(H,30,36)(H,32,35)/b31-17-. The molecule has 0 spiro atoms. The summed E-state index contributed by atoms with van der Waals surface area (Å²) in [7, 11) is 0. The fourth-order valence-corrected chi connectivity index (χ4v) is 3.68. The van der Waals surface area contributed by atoms with Crippen molar-refractivity contribution >= 4 is 29.6 Å². The van der Waals surface area contributed by atoms with E-state index in [2.05, 4.69) is 22.8 Å². The van der Waals surface area contributed by atoms with E-state index in [9.17, 15) is 9.59 Å². The third kappa shape index (κ3) is 6.83. The van der Waals surface area contributed by atoms with Gasteiger partial charge < -0.3 is 10.1 Å². The van der Waals surface area contributed by atoms with Gasteiger partial charge in [0.2, 0.25) is 0 Å². The van der Waals surface area contributed by atoms with E-state index in [0.717, 1.165) is 23.4 Å².